The number of nitrogens with zero attached hydrogens (tertiary/aromatic N) is 3. The minimum Gasteiger partial charge on any atom is -0.350 e. The van der Waals surface area contributed by atoms with E-state index in [4.69, 9.17) is 0 Å². The van der Waals surface area contributed by atoms with Crippen LogP contribution in [0.4, 0.5) is 10.3 Å². The Balaban J connectivity index is 1.67. The van der Waals surface area contributed by atoms with Crippen LogP contribution in [0.2, 0.25) is 0 Å². The molecule has 1 aliphatic rings. The Morgan fingerprint density at radius 1 is 1.17 bits per heavy atom. The molecule has 1 aromatic carbocycles. The molecule has 1 fully saturated rings. The lowest BCUT2D eigenvalue weighted by Gasteiger charge is -2.26. The molecular formula is C17H19FN4O. The van der Waals surface area contributed by atoms with Crippen molar-refractivity contribution in [3.63, 3.8) is 0 Å². The van der Waals surface area contributed by atoms with Gasteiger partial charge < -0.3 is 10.2 Å². The third kappa shape index (κ3) is 3.83. The van der Waals surface area contributed by atoms with E-state index in [1.54, 1.807) is 30.5 Å². The van der Waals surface area contributed by atoms with Crippen LogP contribution >= 0.6 is 0 Å². The van der Waals surface area contributed by atoms with E-state index in [0.717, 1.165) is 25.9 Å². The van der Waals surface area contributed by atoms with Crippen molar-refractivity contribution in [1.82, 2.24) is 14.9 Å². The highest BCUT2D eigenvalue weighted by Gasteiger charge is 2.19. The van der Waals surface area contributed by atoms with Crippen LogP contribution in [0.25, 0.3) is 0 Å². The smallest absolute Gasteiger partial charge is 0.272 e. The molecule has 0 spiro atoms. The first-order valence-electron chi connectivity index (χ1n) is 7.83. The van der Waals surface area contributed by atoms with E-state index in [1.165, 1.54) is 12.5 Å². The maximum absolute atomic E-state index is 13.6. The number of aromatic nitrogens is 2. The molecule has 2 heterocycles. The predicted molar refractivity (Wildman–Crippen MR) is 85.5 cm³/mol. The Morgan fingerprint density at radius 3 is 2.74 bits per heavy atom. The van der Waals surface area contributed by atoms with Crippen LogP contribution in [0.1, 0.15) is 35.3 Å². The molecule has 1 aromatic heterocycles. The monoisotopic (exact) mass is 314 g/mol. The third-order valence-electron chi connectivity index (χ3n) is 3.91. The summed E-state index contributed by atoms with van der Waals surface area (Å²) in [5.74, 6) is -0.0160. The standard InChI is InChI=1S/C17H19FN4O/c18-14-7-3-2-6-13(14)12-20-17-19-9-8-15(21-17)16(23)22-10-4-1-5-11-22/h2-3,6-9H,1,4-5,10-12H2,(H,19,20,21). The number of piperidine rings is 1. The number of likely N-dealkylation sites (tertiary alicyclic amines) is 1. The second-order valence-corrected chi connectivity index (χ2v) is 5.56. The molecule has 6 heteroatoms. The van der Waals surface area contributed by atoms with Crippen molar-refractivity contribution in [1.29, 1.82) is 0 Å². The number of anilines is 1. The van der Waals surface area contributed by atoms with Gasteiger partial charge in [0.05, 0.1) is 0 Å². The van der Waals surface area contributed by atoms with Crippen LogP contribution in [0.15, 0.2) is 36.5 Å². The van der Waals surface area contributed by atoms with Crippen molar-refractivity contribution in [2.45, 2.75) is 25.8 Å². The highest BCUT2D eigenvalue weighted by molar-refractivity contribution is 5.92. The second kappa shape index (κ2) is 7.17. The lowest BCUT2D eigenvalue weighted by Crippen LogP contribution is -2.36. The lowest BCUT2D eigenvalue weighted by molar-refractivity contribution is 0.0718. The van der Waals surface area contributed by atoms with E-state index in [-0.39, 0.29) is 18.3 Å². The zero-order valence-electron chi connectivity index (χ0n) is 12.8. The van der Waals surface area contributed by atoms with Crippen LogP contribution in [0.3, 0.4) is 0 Å². The van der Waals surface area contributed by atoms with Crippen LogP contribution in [-0.2, 0) is 6.54 Å². The average Bonchev–Trinajstić information content (AvgIpc) is 2.61. The van der Waals surface area contributed by atoms with Crippen molar-refractivity contribution in [3.8, 4) is 0 Å². The van der Waals surface area contributed by atoms with Crippen LogP contribution in [-0.4, -0.2) is 33.9 Å². The van der Waals surface area contributed by atoms with E-state index in [2.05, 4.69) is 15.3 Å². The second-order valence-electron chi connectivity index (χ2n) is 5.56. The molecule has 0 atom stereocenters. The van der Waals surface area contributed by atoms with Crippen molar-refractivity contribution >= 4 is 11.9 Å². The molecule has 5 nitrogen and oxygen atoms in total. The van der Waals surface area contributed by atoms with E-state index in [9.17, 15) is 9.18 Å². The molecule has 1 amide bonds. The maximum Gasteiger partial charge on any atom is 0.272 e. The van der Waals surface area contributed by atoms with E-state index in [0.29, 0.717) is 17.2 Å². The number of amides is 1. The third-order valence-corrected chi connectivity index (χ3v) is 3.91. The highest BCUT2D eigenvalue weighted by atomic mass is 19.1. The first-order valence-corrected chi connectivity index (χ1v) is 7.83. The minimum absolute atomic E-state index is 0.0685. The SMILES string of the molecule is O=C(c1ccnc(NCc2ccccc2F)n1)N1CCCCC1. The van der Waals surface area contributed by atoms with Gasteiger partial charge in [0.15, 0.2) is 0 Å². The van der Waals surface area contributed by atoms with Gasteiger partial charge in [0.2, 0.25) is 5.95 Å². The molecular weight excluding hydrogens is 295 g/mol. The molecule has 1 N–H and O–H groups in total. The van der Waals surface area contributed by atoms with Crippen LogP contribution in [0, 0.1) is 5.82 Å². The molecule has 0 radical (unpaired) electrons. The predicted octanol–water partition coefficient (Wildman–Crippen LogP) is 2.85. The zero-order chi connectivity index (χ0) is 16.1. The first kappa shape index (κ1) is 15.4. The van der Waals surface area contributed by atoms with Crippen LogP contribution < -0.4 is 5.32 Å². The van der Waals surface area contributed by atoms with Gasteiger partial charge in [-0.1, -0.05) is 18.2 Å². The normalized spacial score (nSPS) is 14.6. The Morgan fingerprint density at radius 2 is 1.96 bits per heavy atom. The fraction of sp³-hybridized carbons (Fsp3) is 0.353. The molecule has 2 aromatic rings. The molecule has 0 bridgehead atoms. The van der Waals surface area contributed by atoms with Gasteiger partial charge in [-0.25, -0.2) is 14.4 Å². The molecule has 1 saturated heterocycles. The summed E-state index contributed by atoms with van der Waals surface area (Å²) >= 11 is 0. The van der Waals surface area contributed by atoms with Gasteiger partial charge in [-0.3, -0.25) is 4.79 Å². The van der Waals surface area contributed by atoms with Crippen molar-refractivity contribution in [2.75, 3.05) is 18.4 Å². The summed E-state index contributed by atoms with van der Waals surface area (Å²) in [6.45, 7) is 1.83. The van der Waals surface area contributed by atoms with Crippen molar-refractivity contribution in [3.05, 3.63) is 53.6 Å². The summed E-state index contributed by atoms with van der Waals surface area (Å²) in [4.78, 5) is 22.6. The average molecular weight is 314 g/mol. The number of benzene rings is 1. The fourth-order valence-corrected chi connectivity index (χ4v) is 2.64. The number of halogens is 1. The number of carbonyl (C=O) groups excluding carboxylic acids is 1. The molecule has 1 aliphatic heterocycles. The van der Waals surface area contributed by atoms with Gasteiger partial charge in [0.25, 0.3) is 5.91 Å². The Bertz CT molecular complexity index is 686. The number of hydrogen-bond donors (Lipinski definition) is 1. The van der Waals surface area contributed by atoms with E-state index in [1.807, 2.05) is 4.90 Å². The summed E-state index contributed by atoms with van der Waals surface area (Å²) in [6.07, 6.45) is 4.79. The van der Waals surface area contributed by atoms with Gasteiger partial charge >= 0.3 is 0 Å². The summed E-state index contributed by atoms with van der Waals surface area (Å²) in [5.41, 5.74) is 0.904. The Kier molecular flexibility index (Phi) is 4.80. The van der Waals surface area contributed by atoms with E-state index < -0.39 is 0 Å². The summed E-state index contributed by atoms with van der Waals surface area (Å²) in [5, 5.41) is 2.97. The molecule has 23 heavy (non-hydrogen) atoms. The fourth-order valence-electron chi connectivity index (χ4n) is 2.64. The number of rotatable bonds is 4. The van der Waals surface area contributed by atoms with Gasteiger partial charge in [0.1, 0.15) is 11.5 Å². The largest absolute Gasteiger partial charge is 0.350 e. The van der Waals surface area contributed by atoms with Gasteiger partial charge in [-0.15, -0.1) is 0 Å². The number of carbonyl (C=O) groups is 1. The highest BCUT2D eigenvalue weighted by Crippen LogP contribution is 2.13. The Labute approximate surface area is 134 Å². The topological polar surface area (TPSA) is 58.1 Å². The maximum atomic E-state index is 13.6. The first-order chi connectivity index (χ1) is 11.2. The summed E-state index contributed by atoms with van der Waals surface area (Å²) in [6, 6.07) is 8.15. The quantitative estimate of drug-likeness (QED) is 0.943. The molecule has 0 aliphatic carbocycles. The molecule has 3 rings (SSSR count). The van der Waals surface area contributed by atoms with Gasteiger partial charge in [-0.05, 0) is 31.4 Å². The zero-order valence-corrected chi connectivity index (χ0v) is 12.8. The van der Waals surface area contributed by atoms with E-state index >= 15 is 0 Å². The van der Waals surface area contributed by atoms with Gasteiger partial charge in [-0.2, -0.15) is 0 Å². The van der Waals surface area contributed by atoms with Gasteiger partial charge in [0, 0.05) is 31.4 Å². The Hall–Kier alpha value is -2.50. The lowest BCUT2D eigenvalue weighted by atomic mass is 10.1. The molecule has 120 valence electrons. The molecule has 0 unspecified atom stereocenters. The molecule has 0 saturated carbocycles. The number of hydrogen-bond acceptors (Lipinski definition) is 4. The number of nitrogens with one attached hydrogen (secondary N) is 1. The van der Waals surface area contributed by atoms with Crippen molar-refractivity contribution < 1.29 is 9.18 Å². The van der Waals surface area contributed by atoms with Crippen LogP contribution in [0.5, 0.6) is 0 Å². The minimum atomic E-state index is -0.277. The summed E-state index contributed by atoms with van der Waals surface area (Å²) in [7, 11) is 0. The van der Waals surface area contributed by atoms with Crippen molar-refractivity contribution in [2.24, 2.45) is 0 Å². The summed E-state index contributed by atoms with van der Waals surface area (Å²) < 4.78 is 13.6.